The van der Waals surface area contributed by atoms with Crippen LogP contribution >= 0.6 is 0 Å². The molecule has 18 heavy (non-hydrogen) atoms. The summed E-state index contributed by atoms with van der Waals surface area (Å²) in [6.07, 6.45) is 2.22. The number of imidazole rings is 1. The monoisotopic (exact) mass is 250 g/mol. The standard InChI is InChI=1S/C13H15FN2O2/c1-16-10(5-6-17)8-15-13(16)9-3-4-12(18-2)11(14)7-9/h3-4,7-8,17H,5-6H2,1-2H3. The van der Waals surface area contributed by atoms with E-state index in [4.69, 9.17) is 9.84 Å². The van der Waals surface area contributed by atoms with Crippen molar-refractivity contribution in [3.05, 3.63) is 35.9 Å². The lowest BCUT2D eigenvalue weighted by atomic mass is 10.2. The Bertz CT molecular complexity index is 552. The molecule has 0 aliphatic rings. The van der Waals surface area contributed by atoms with Gasteiger partial charge in [0, 0.05) is 37.5 Å². The van der Waals surface area contributed by atoms with Crippen molar-refractivity contribution < 1.29 is 14.2 Å². The Morgan fingerprint density at radius 2 is 2.22 bits per heavy atom. The summed E-state index contributed by atoms with van der Waals surface area (Å²) in [5, 5.41) is 8.92. The molecule has 2 rings (SSSR count). The number of aliphatic hydroxyl groups excluding tert-OH is 1. The molecule has 0 atom stereocenters. The quantitative estimate of drug-likeness (QED) is 0.899. The minimum Gasteiger partial charge on any atom is -0.494 e. The lowest BCUT2D eigenvalue weighted by molar-refractivity contribution is 0.297. The Balaban J connectivity index is 2.39. The normalized spacial score (nSPS) is 10.7. The summed E-state index contributed by atoms with van der Waals surface area (Å²) in [5.41, 5.74) is 1.59. The summed E-state index contributed by atoms with van der Waals surface area (Å²) < 4.78 is 20.3. The van der Waals surface area contributed by atoms with Crippen LogP contribution in [0, 0.1) is 5.82 Å². The van der Waals surface area contributed by atoms with Crippen LogP contribution < -0.4 is 4.74 Å². The highest BCUT2D eigenvalue weighted by Crippen LogP contribution is 2.25. The molecule has 0 saturated carbocycles. The number of hydrogen-bond acceptors (Lipinski definition) is 3. The molecule has 2 aromatic rings. The Morgan fingerprint density at radius 1 is 1.44 bits per heavy atom. The van der Waals surface area contributed by atoms with E-state index in [1.54, 1.807) is 18.3 Å². The van der Waals surface area contributed by atoms with E-state index in [0.29, 0.717) is 17.8 Å². The maximum absolute atomic E-state index is 13.6. The zero-order valence-electron chi connectivity index (χ0n) is 10.4. The second-order valence-corrected chi connectivity index (χ2v) is 3.96. The van der Waals surface area contributed by atoms with Crippen molar-refractivity contribution >= 4 is 0 Å². The maximum Gasteiger partial charge on any atom is 0.165 e. The van der Waals surface area contributed by atoms with Crippen molar-refractivity contribution in [1.82, 2.24) is 9.55 Å². The van der Waals surface area contributed by atoms with Crippen molar-refractivity contribution in [2.45, 2.75) is 6.42 Å². The van der Waals surface area contributed by atoms with Gasteiger partial charge in [-0.1, -0.05) is 0 Å². The predicted molar refractivity (Wildman–Crippen MR) is 65.9 cm³/mol. The lowest BCUT2D eigenvalue weighted by Gasteiger charge is -2.07. The third-order valence-electron chi connectivity index (χ3n) is 2.86. The number of hydrogen-bond donors (Lipinski definition) is 1. The average molecular weight is 250 g/mol. The molecule has 0 saturated heterocycles. The number of ether oxygens (including phenoxy) is 1. The molecule has 0 fully saturated rings. The summed E-state index contributed by atoms with van der Waals surface area (Å²) in [6.45, 7) is 0.0654. The summed E-state index contributed by atoms with van der Waals surface area (Å²) in [4.78, 5) is 4.25. The summed E-state index contributed by atoms with van der Waals surface area (Å²) in [6, 6.07) is 4.72. The molecule has 5 heteroatoms. The number of methoxy groups -OCH3 is 1. The lowest BCUT2D eigenvalue weighted by Crippen LogP contribution is -2.01. The molecule has 0 amide bonds. The summed E-state index contributed by atoms with van der Waals surface area (Å²) in [5.74, 6) is 0.463. The molecule has 1 N–H and O–H groups in total. The van der Waals surface area contributed by atoms with Crippen LogP contribution in [0.1, 0.15) is 5.69 Å². The van der Waals surface area contributed by atoms with Gasteiger partial charge in [0.1, 0.15) is 5.82 Å². The van der Waals surface area contributed by atoms with Crippen LogP contribution in [-0.2, 0) is 13.5 Å². The number of aromatic nitrogens is 2. The van der Waals surface area contributed by atoms with Crippen LogP contribution in [0.4, 0.5) is 4.39 Å². The van der Waals surface area contributed by atoms with Crippen molar-refractivity contribution in [2.75, 3.05) is 13.7 Å². The van der Waals surface area contributed by atoms with Crippen LogP contribution in [-0.4, -0.2) is 28.4 Å². The van der Waals surface area contributed by atoms with Gasteiger partial charge in [-0.2, -0.15) is 0 Å². The molecule has 0 spiro atoms. The van der Waals surface area contributed by atoms with Crippen LogP contribution in [0.3, 0.4) is 0 Å². The van der Waals surface area contributed by atoms with Gasteiger partial charge in [0.15, 0.2) is 11.6 Å². The third-order valence-corrected chi connectivity index (χ3v) is 2.86. The van der Waals surface area contributed by atoms with E-state index in [2.05, 4.69) is 4.98 Å². The minimum atomic E-state index is -0.415. The van der Waals surface area contributed by atoms with E-state index >= 15 is 0 Å². The van der Waals surface area contributed by atoms with Crippen LogP contribution in [0.5, 0.6) is 5.75 Å². The Labute approximate surface area is 105 Å². The van der Waals surface area contributed by atoms with Gasteiger partial charge < -0.3 is 14.4 Å². The second-order valence-electron chi connectivity index (χ2n) is 3.96. The van der Waals surface area contributed by atoms with Gasteiger partial charge >= 0.3 is 0 Å². The van der Waals surface area contributed by atoms with E-state index in [9.17, 15) is 4.39 Å². The van der Waals surface area contributed by atoms with Gasteiger partial charge in [0.05, 0.1) is 7.11 Å². The first-order chi connectivity index (χ1) is 8.67. The molecular weight excluding hydrogens is 235 g/mol. The molecule has 0 bridgehead atoms. The zero-order valence-corrected chi connectivity index (χ0v) is 10.4. The molecule has 0 radical (unpaired) electrons. The first-order valence-electron chi connectivity index (χ1n) is 5.62. The number of rotatable bonds is 4. The van der Waals surface area contributed by atoms with Crippen LogP contribution in [0.15, 0.2) is 24.4 Å². The highest BCUT2D eigenvalue weighted by Gasteiger charge is 2.11. The molecule has 0 aliphatic carbocycles. The second kappa shape index (κ2) is 5.18. The minimum absolute atomic E-state index is 0.0654. The van der Waals surface area contributed by atoms with Gasteiger partial charge in [0.2, 0.25) is 0 Å². The zero-order chi connectivity index (χ0) is 13.1. The smallest absolute Gasteiger partial charge is 0.165 e. The van der Waals surface area contributed by atoms with Crippen molar-refractivity contribution in [3.8, 4) is 17.1 Å². The average Bonchev–Trinajstić information content (AvgIpc) is 2.72. The number of nitrogens with zero attached hydrogens (tertiary/aromatic N) is 2. The molecule has 96 valence electrons. The number of aliphatic hydroxyl groups is 1. The molecule has 1 heterocycles. The molecule has 4 nitrogen and oxygen atoms in total. The summed E-state index contributed by atoms with van der Waals surface area (Å²) in [7, 11) is 3.27. The van der Waals surface area contributed by atoms with Crippen LogP contribution in [0.25, 0.3) is 11.4 Å². The van der Waals surface area contributed by atoms with E-state index in [1.807, 2.05) is 11.6 Å². The maximum atomic E-state index is 13.6. The fraction of sp³-hybridized carbons (Fsp3) is 0.308. The molecule has 1 aromatic heterocycles. The third kappa shape index (κ3) is 2.22. The molecule has 0 aliphatic heterocycles. The van der Waals surface area contributed by atoms with E-state index in [0.717, 1.165) is 5.69 Å². The molecular formula is C13H15FN2O2. The SMILES string of the molecule is COc1ccc(-c2ncc(CCO)n2C)cc1F. The Morgan fingerprint density at radius 3 is 2.83 bits per heavy atom. The van der Waals surface area contributed by atoms with Gasteiger partial charge in [-0.25, -0.2) is 9.37 Å². The first-order valence-corrected chi connectivity index (χ1v) is 5.62. The van der Waals surface area contributed by atoms with Gasteiger partial charge in [0.25, 0.3) is 0 Å². The van der Waals surface area contributed by atoms with Gasteiger partial charge in [-0.3, -0.25) is 0 Å². The van der Waals surface area contributed by atoms with Gasteiger partial charge in [-0.05, 0) is 18.2 Å². The van der Waals surface area contributed by atoms with Crippen molar-refractivity contribution in [3.63, 3.8) is 0 Å². The fourth-order valence-corrected chi connectivity index (χ4v) is 1.87. The van der Waals surface area contributed by atoms with E-state index in [1.165, 1.54) is 13.2 Å². The van der Waals surface area contributed by atoms with Crippen LogP contribution in [0.2, 0.25) is 0 Å². The number of benzene rings is 1. The van der Waals surface area contributed by atoms with Crippen molar-refractivity contribution in [2.24, 2.45) is 7.05 Å². The van der Waals surface area contributed by atoms with E-state index < -0.39 is 5.82 Å². The van der Waals surface area contributed by atoms with Crippen molar-refractivity contribution in [1.29, 1.82) is 0 Å². The highest BCUT2D eigenvalue weighted by molar-refractivity contribution is 5.57. The molecule has 1 aromatic carbocycles. The largest absolute Gasteiger partial charge is 0.494 e. The number of halogens is 1. The van der Waals surface area contributed by atoms with E-state index in [-0.39, 0.29) is 12.4 Å². The first kappa shape index (κ1) is 12.6. The van der Waals surface area contributed by atoms with Gasteiger partial charge in [-0.15, -0.1) is 0 Å². The fourth-order valence-electron chi connectivity index (χ4n) is 1.87. The predicted octanol–water partition coefficient (Wildman–Crippen LogP) is 1.77. The Kier molecular flexibility index (Phi) is 3.62. The Hall–Kier alpha value is -1.88. The highest BCUT2D eigenvalue weighted by atomic mass is 19.1. The molecule has 0 unspecified atom stereocenters. The summed E-state index contributed by atoms with van der Waals surface area (Å²) >= 11 is 0. The topological polar surface area (TPSA) is 47.3 Å².